The molecule has 3 rings (SSSR count). The summed E-state index contributed by atoms with van der Waals surface area (Å²) in [6.07, 6.45) is 0.581. The summed E-state index contributed by atoms with van der Waals surface area (Å²) in [6, 6.07) is 15.1. The highest BCUT2D eigenvalue weighted by Crippen LogP contribution is 2.34. The van der Waals surface area contributed by atoms with Crippen molar-refractivity contribution in [1.82, 2.24) is 5.01 Å². The number of aliphatic carboxylic acids is 1. The number of nitro groups is 1. The first-order valence-electron chi connectivity index (χ1n) is 8.87. The number of amides is 1. The molecule has 8 heteroatoms. The molecule has 8 nitrogen and oxygen atoms in total. The fraction of sp³-hybridized carbons (Fsp3) is 0.250. The molecule has 0 aromatic heterocycles. The number of carboxylic acids is 1. The maximum Gasteiger partial charge on any atom is 0.303 e. The van der Waals surface area contributed by atoms with Crippen LogP contribution < -0.4 is 0 Å². The van der Waals surface area contributed by atoms with E-state index in [1.807, 2.05) is 30.3 Å². The molecule has 0 saturated carbocycles. The average Bonchev–Trinajstić information content (AvgIpc) is 3.14. The second-order valence-corrected chi connectivity index (χ2v) is 6.47. The summed E-state index contributed by atoms with van der Waals surface area (Å²) in [6.45, 7) is 0. The number of rotatable bonds is 7. The van der Waals surface area contributed by atoms with Gasteiger partial charge in [-0.1, -0.05) is 42.5 Å². The first kappa shape index (κ1) is 19.2. The molecular weight excluding hydrogens is 362 g/mol. The third kappa shape index (κ3) is 4.40. The maximum absolute atomic E-state index is 12.7. The molecule has 0 fully saturated rings. The van der Waals surface area contributed by atoms with Crippen molar-refractivity contribution in [2.45, 2.75) is 31.7 Å². The fourth-order valence-corrected chi connectivity index (χ4v) is 3.16. The van der Waals surface area contributed by atoms with Crippen LogP contribution in [0.3, 0.4) is 0 Å². The molecule has 1 atom stereocenters. The topological polar surface area (TPSA) is 113 Å². The lowest BCUT2D eigenvalue weighted by molar-refractivity contribution is -0.385. The van der Waals surface area contributed by atoms with Crippen LogP contribution in [-0.2, 0) is 9.59 Å². The second-order valence-electron chi connectivity index (χ2n) is 6.47. The molecule has 0 bridgehead atoms. The van der Waals surface area contributed by atoms with Gasteiger partial charge in [0.1, 0.15) is 0 Å². The highest BCUT2D eigenvalue weighted by Gasteiger charge is 2.33. The van der Waals surface area contributed by atoms with E-state index in [0.717, 1.165) is 5.56 Å². The molecular formula is C20H19N3O5. The van der Waals surface area contributed by atoms with Gasteiger partial charge >= 0.3 is 5.97 Å². The molecule has 1 heterocycles. The Morgan fingerprint density at radius 1 is 1.14 bits per heavy atom. The fourth-order valence-electron chi connectivity index (χ4n) is 3.16. The van der Waals surface area contributed by atoms with Crippen molar-refractivity contribution < 1.29 is 19.6 Å². The molecule has 0 saturated heterocycles. The minimum Gasteiger partial charge on any atom is -0.481 e. The Labute approximate surface area is 161 Å². The Hall–Kier alpha value is -3.55. The van der Waals surface area contributed by atoms with Crippen LogP contribution in [0, 0.1) is 10.1 Å². The number of hydrazone groups is 1. The Bertz CT molecular complexity index is 926. The first-order chi connectivity index (χ1) is 13.5. The lowest BCUT2D eigenvalue weighted by Crippen LogP contribution is -2.27. The van der Waals surface area contributed by atoms with Gasteiger partial charge in [-0.3, -0.25) is 19.7 Å². The summed E-state index contributed by atoms with van der Waals surface area (Å²) in [4.78, 5) is 34.0. The largest absolute Gasteiger partial charge is 0.481 e. The zero-order valence-corrected chi connectivity index (χ0v) is 15.0. The van der Waals surface area contributed by atoms with Crippen LogP contribution in [0.4, 0.5) is 5.69 Å². The van der Waals surface area contributed by atoms with Gasteiger partial charge in [-0.2, -0.15) is 5.10 Å². The number of non-ortho nitro benzene ring substituents is 1. The number of hydrogen-bond acceptors (Lipinski definition) is 5. The van der Waals surface area contributed by atoms with Crippen LogP contribution in [0.15, 0.2) is 59.7 Å². The van der Waals surface area contributed by atoms with Gasteiger partial charge < -0.3 is 5.11 Å². The number of carboxylic acid groups (broad SMARTS) is 1. The minimum atomic E-state index is -0.960. The number of nitrogens with zero attached hydrogens (tertiary/aromatic N) is 3. The quantitative estimate of drug-likeness (QED) is 0.582. The number of hydrogen-bond donors (Lipinski definition) is 1. The highest BCUT2D eigenvalue weighted by atomic mass is 16.6. The third-order valence-corrected chi connectivity index (χ3v) is 4.52. The minimum absolute atomic E-state index is 0.0449. The molecule has 0 spiro atoms. The monoisotopic (exact) mass is 381 g/mol. The van der Waals surface area contributed by atoms with Crippen LogP contribution in [0.2, 0.25) is 0 Å². The first-order valence-corrected chi connectivity index (χ1v) is 8.87. The number of benzene rings is 2. The summed E-state index contributed by atoms with van der Waals surface area (Å²) in [5.74, 6) is -1.26. The standard InChI is InChI=1S/C20H19N3O5/c24-19(10-5-11-20(25)26)22-18(15-8-4-9-16(12-15)23(27)28)13-17(21-22)14-6-2-1-3-7-14/h1-4,6-9,12,18H,5,10-11,13H2,(H,25,26)/t18-/m1/s1. The van der Waals surface area contributed by atoms with E-state index in [4.69, 9.17) is 5.11 Å². The van der Waals surface area contributed by atoms with E-state index in [0.29, 0.717) is 17.7 Å². The predicted octanol–water partition coefficient (Wildman–Crippen LogP) is 3.53. The van der Waals surface area contributed by atoms with Gasteiger partial charge in [0.05, 0.1) is 16.7 Å². The zero-order chi connectivity index (χ0) is 20.1. The molecule has 1 aliphatic heterocycles. The van der Waals surface area contributed by atoms with E-state index in [9.17, 15) is 19.7 Å². The molecule has 144 valence electrons. The van der Waals surface area contributed by atoms with Crippen LogP contribution >= 0.6 is 0 Å². The van der Waals surface area contributed by atoms with E-state index >= 15 is 0 Å². The van der Waals surface area contributed by atoms with Crippen molar-refractivity contribution in [2.24, 2.45) is 5.10 Å². The molecule has 0 radical (unpaired) electrons. The van der Waals surface area contributed by atoms with E-state index in [2.05, 4.69) is 5.10 Å². The number of nitro benzene ring substituents is 1. The zero-order valence-electron chi connectivity index (χ0n) is 15.0. The van der Waals surface area contributed by atoms with Crippen LogP contribution in [0.5, 0.6) is 0 Å². The van der Waals surface area contributed by atoms with E-state index in [1.54, 1.807) is 12.1 Å². The molecule has 1 aliphatic rings. The molecule has 0 unspecified atom stereocenters. The molecule has 1 amide bonds. The van der Waals surface area contributed by atoms with Gasteiger partial charge in [0.25, 0.3) is 5.69 Å². The van der Waals surface area contributed by atoms with Crippen LogP contribution in [-0.4, -0.2) is 32.6 Å². The maximum atomic E-state index is 12.7. The molecule has 2 aromatic carbocycles. The summed E-state index contributed by atoms with van der Waals surface area (Å²) >= 11 is 0. The van der Waals surface area contributed by atoms with E-state index in [1.165, 1.54) is 17.1 Å². The molecule has 1 N–H and O–H groups in total. The summed E-state index contributed by atoms with van der Waals surface area (Å²) in [5, 5.41) is 25.7. The van der Waals surface area contributed by atoms with Crippen molar-refractivity contribution in [3.63, 3.8) is 0 Å². The van der Waals surface area contributed by atoms with Gasteiger partial charge in [-0.15, -0.1) is 0 Å². The molecule has 2 aromatic rings. The van der Waals surface area contributed by atoms with Crippen molar-refractivity contribution in [1.29, 1.82) is 0 Å². The van der Waals surface area contributed by atoms with Gasteiger partial charge in [-0.25, -0.2) is 5.01 Å². The van der Waals surface area contributed by atoms with Gasteiger partial charge in [0.15, 0.2) is 0 Å². The van der Waals surface area contributed by atoms with Crippen molar-refractivity contribution in [3.8, 4) is 0 Å². The van der Waals surface area contributed by atoms with Gasteiger partial charge in [0, 0.05) is 31.4 Å². The van der Waals surface area contributed by atoms with Crippen LogP contribution in [0.1, 0.15) is 42.9 Å². The Morgan fingerprint density at radius 3 is 2.57 bits per heavy atom. The van der Waals surface area contributed by atoms with E-state index < -0.39 is 16.9 Å². The SMILES string of the molecule is O=C(O)CCCC(=O)N1N=C(c2ccccc2)C[C@@H]1c1cccc([N+](=O)[O-])c1. The lowest BCUT2D eigenvalue weighted by atomic mass is 9.98. The number of carbonyl (C=O) groups excluding carboxylic acids is 1. The van der Waals surface area contributed by atoms with Crippen LogP contribution in [0.25, 0.3) is 0 Å². The normalized spacial score (nSPS) is 15.9. The van der Waals surface area contributed by atoms with Gasteiger partial charge in [0.2, 0.25) is 5.91 Å². The second kappa shape index (κ2) is 8.43. The van der Waals surface area contributed by atoms with E-state index in [-0.39, 0.29) is 30.9 Å². The lowest BCUT2D eigenvalue weighted by Gasteiger charge is -2.22. The molecule has 0 aliphatic carbocycles. The van der Waals surface area contributed by atoms with Crippen molar-refractivity contribution >= 4 is 23.3 Å². The van der Waals surface area contributed by atoms with Gasteiger partial charge in [-0.05, 0) is 17.5 Å². The third-order valence-electron chi connectivity index (χ3n) is 4.52. The highest BCUT2D eigenvalue weighted by molar-refractivity contribution is 6.03. The smallest absolute Gasteiger partial charge is 0.303 e. The Morgan fingerprint density at radius 2 is 1.89 bits per heavy atom. The molecule has 28 heavy (non-hydrogen) atoms. The average molecular weight is 381 g/mol. The summed E-state index contributed by atoms with van der Waals surface area (Å²) in [7, 11) is 0. The Kier molecular flexibility index (Phi) is 5.78. The Balaban J connectivity index is 1.89. The van der Waals surface area contributed by atoms with Crippen molar-refractivity contribution in [3.05, 3.63) is 75.8 Å². The summed E-state index contributed by atoms with van der Waals surface area (Å²) in [5.41, 5.74) is 2.15. The summed E-state index contributed by atoms with van der Waals surface area (Å²) < 4.78 is 0. The predicted molar refractivity (Wildman–Crippen MR) is 102 cm³/mol. The van der Waals surface area contributed by atoms with Crippen molar-refractivity contribution in [2.75, 3.05) is 0 Å². The number of carbonyl (C=O) groups is 2.